The molecule has 1 N–H and O–H groups in total. The number of hydrogen-bond acceptors (Lipinski definition) is 4. The maximum Gasteiger partial charge on any atom is 0.356 e. The van der Waals surface area contributed by atoms with Crippen molar-refractivity contribution in [3.05, 3.63) is 58.5 Å². The summed E-state index contributed by atoms with van der Waals surface area (Å²) in [5.74, 6) is -0.482. The summed E-state index contributed by atoms with van der Waals surface area (Å²) in [6.45, 7) is 0.375. The van der Waals surface area contributed by atoms with Gasteiger partial charge in [-0.3, -0.25) is 4.79 Å². The zero-order valence-electron chi connectivity index (χ0n) is 10.0. The molecule has 0 saturated heterocycles. The molecule has 98 valence electrons. The van der Waals surface area contributed by atoms with Crippen molar-refractivity contribution in [1.82, 2.24) is 9.78 Å². The first-order valence-electron chi connectivity index (χ1n) is 5.66. The van der Waals surface area contributed by atoms with Crippen LogP contribution < -0.4 is 5.56 Å². The normalized spacial score (nSPS) is 10.3. The number of thioether (sulfide) groups is 1. The van der Waals surface area contributed by atoms with E-state index in [2.05, 4.69) is 5.10 Å². The lowest BCUT2D eigenvalue weighted by Gasteiger charge is -2.05. The SMILES string of the molecule is O=C(O)c1ccc(=O)n(CCSc2ccccc2)n1. The number of carboxylic acids is 1. The molecule has 0 atom stereocenters. The minimum Gasteiger partial charge on any atom is -0.476 e. The summed E-state index contributed by atoms with van der Waals surface area (Å²) in [4.78, 5) is 23.4. The Morgan fingerprint density at radius 3 is 2.63 bits per heavy atom. The molecule has 0 amide bonds. The summed E-state index contributed by atoms with van der Waals surface area (Å²) in [6, 6.07) is 12.2. The third-order valence-electron chi connectivity index (χ3n) is 2.40. The fraction of sp³-hybridized carbons (Fsp3) is 0.154. The molecule has 0 aliphatic rings. The van der Waals surface area contributed by atoms with Crippen molar-refractivity contribution < 1.29 is 9.90 Å². The fourth-order valence-corrected chi connectivity index (χ4v) is 2.34. The van der Waals surface area contributed by atoms with Gasteiger partial charge in [-0.25, -0.2) is 9.48 Å². The molecule has 0 aliphatic heterocycles. The topological polar surface area (TPSA) is 72.2 Å². The minimum absolute atomic E-state index is 0.121. The zero-order chi connectivity index (χ0) is 13.7. The van der Waals surface area contributed by atoms with Crippen LogP contribution in [-0.4, -0.2) is 26.6 Å². The molecule has 6 heteroatoms. The van der Waals surface area contributed by atoms with Crippen molar-refractivity contribution in [3.8, 4) is 0 Å². The number of carbonyl (C=O) groups is 1. The van der Waals surface area contributed by atoms with Crippen molar-refractivity contribution in [3.63, 3.8) is 0 Å². The molecule has 5 nitrogen and oxygen atoms in total. The van der Waals surface area contributed by atoms with E-state index in [1.807, 2.05) is 30.3 Å². The highest BCUT2D eigenvalue weighted by Gasteiger charge is 2.07. The van der Waals surface area contributed by atoms with Crippen LogP contribution in [0.4, 0.5) is 0 Å². The average Bonchev–Trinajstić information content (AvgIpc) is 2.42. The monoisotopic (exact) mass is 276 g/mol. The highest BCUT2D eigenvalue weighted by molar-refractivity contribution is 7.99. The molecule has 2 rings (SSSR count). The molecule has 19 heavy (non-hydrogen) atoms. The van der Waals surface area contributed by atoms with E-state index < -0.39 is 5.97 Å². The van der Waals surface area contributed by atoms with Gasteiger partial charge in [0.1, 0.15) is 0 Å². The third-order valence-corrected chi connectivity index (χ3v) is 3.39. The lowest BCUT2D eigenvalue weighted by molar-refractivity contribution is 0.0687. The molecule has 2 aromatic rings. The first kappa shape index (κ1) is 13.4. The van der Waals surface area contributed by atoms with Gasteiger partial charge in [0.2, 0.25) is 0 Å². The Hall–Kier alpha value is -2.08. The van der Waals surface area contributed by atoms with E-state index in [1.54, 1.807) is 11.8 Å². The smallest absolute Gasteiger partial charge is 0.356 e. The van der Waals surface area contributed by atoms with Gasteiger partial charge >= 0.3 is 5.97 Å². The number of benzene rings is 1. The van der Waals surface area contributed by atoms with Crippen LogP contribution in [0.2, 0.25) is 0 Å². The number of carboxylic acid groups (broad SMARTS) is 1. The van der Waals surface area contributed by atoms with Gasteiger partial charge < -0.3 is 5.11 Å². The average molecular weight is 276 g/mol. The first-order valence-corrected chi connectivity index (χ1v) is 6.65. The largest absolute Gasteiger partial charge is 0.476 e. The fourth-order valence-electron chi connectivity index (χ4n) is 1.49. The molecule has 0 saturated carbocycles. The first-order chi connectivity index (χ1) is 9.16. The molecule has 0 aliphatic carbocycles. The van der Waals surface area contributed by atoms with Crippen LogP contribution >= 0.6 is 11.8 Å². The Labute approximate surface area is 113 Å². The van der Waals surface area contributed by atoms with Gasteiger partial charge in [-0.15, -0.1) is 11.8 Å². The van der Waals surface area contributed by atoms with E-state index >= 15 is 0 Å². The molecule has 1 heterocycles. The highest BCUT2D eigenvalue weighted by Crippen LogP contribution is 2.16. The van der Waals surface area contributed by atoms with Gasteiger partial charge in [-0.1, -0.05) is 18.2 Å². The molecular weight excluding hydrogens is 264 g/mol. The predicted octanol–water partition coefficient (Wildman–Crippen LogP) is 1.73. The van der Waals surface area contributed by atoms with Gasteiger partial charge in [0.25, 0.3) is 5.56 Å². The van der Waals surface area contributed by atoms with Crippen molar-refractivity contribution in [2.24, 2.45) is 0 Å². The van der Waals surface area contributed by atoms with E-state index in [-0.39, 0.29) is 11.3 Å². The van der Waals surface area contributed by atoms with Gasteiger partial charge in [0, 0.05) is 16.7 Å². The van der Waals surface area contributed by atoms with E-state index in [0.717, 1.165) is 4.90 Å². The van der Waals surface area contributed by atoms with Crippen molar-refractivity contribution >= 4 is 17.7 Å². The summed E-state index contributed by atoms with van der Waals surface area (Å²) >= 11 is 1.59. The second-order valence-electron chi connectivity index (χ2n) is 3.75. The number of aromatic nitrogens is 2. The summed E-state index contributed by atoms with van der Waals surface area (Å²) in [6.07, 6.45) is 0. The molecule has 0 fully saturated rings. The van der Waals surface area contributed by atoms with Gasteiger partial charge in [0.05, 0.1) is 6.54 Å². The molecule has 0 radical (unpaired) electrons. The second kappa shape index (κ2) is 6.19. The van der Waals surface area contributed by atoms with Crippen LogP contribution in [0.25, 0.3) is 0 Å². The van der Waals surface area contributed by atoms with E-state index in [1.165, 1.54) is 16.8 Å². The van der Waals surface area contributed by atoms with Crippen LogP contribution in [0.15, 0.2) is 52.2 Å². The number of hydrogen-bond donors (Lipinski definition) is 1. The third kappa shape index (κ3) is 3.69. The van der Waals surface area contributed by atoms with Crippen LogP contribution in [0, 0.1) is 0 Å². The van der Waals surface area contributed by atoms with Crippen LogP contribution in [-0.2, 0) is 6.54 Å². The Bertz CT molecular complexity index is 625. The molecule has 1 aromatic heterocycles. The summed E-state index contributed by atoms with van der Waals surface area (Å²) in [5, 5.41) is 12.6. The number of aromatic carboxylic acids is 1. The van der Waals surface area contributed by atoms with E-state index in [0.29, 0.717) is 12.3 Å². The second-order valence-corrected chi connectivity index (χ2v) is 4.91. The van der Waals surface area contributed by atoms with Gasteiger partial charge in [0.15, 0.2) is 5.69 Å². The Morgan fingerprint density at radius 2 is 1.95 bits per heavy atom. The predicted molar refractivity (Wildman–Crippen MR) is 72.6 cm³/mol. The number of rotatable bonds is 5. The molecule has 0 bridgehead atoms. The van der Waals surface area contributed by atoms with E-state index in [9.17, 15) is 9.59 Å². The van der Waals surface area contributed by atoms with E-state index in [4.69, 9.17) is 5.11 Å². The van der Waals surface area contributed by atoms with Crippen LogP contribution in [0.3, 0.4) is 0 Å². The minimum atomic E-state index is -1.13. The standard InChI is InChI=1S/C13H12N2O3S/c16-12-7-6-11(13(17)18)14-15(12)8-9-19-10-4-2-1-3-5-10/h1-7H,8-9H2,(H,17,18). The molecule has 1 aromatic carbocycles. The quantitative estimate of drug-likeness (QED) is 0.842. The van der Waals surface area contributed by atoms with Crippen LogP contribution in [0.5, 0.6) is 0 Å². The Morgan fingerprint density at radius 1 is 1.21 bits per heavy atom. The van der Waals surface area contributed by atoms with Crippen molar-refractivity contribution in [1.29, 1.82) is 0 Å². The molecule has 0 spiro atoms. The zero-order valence-corrected chi connectivity index (χ0v) is 10.8. The lowest BCUT2D eigenvalue weighted by Crippen LogP contribution is -2.25. The van der Waals surface area contributed by atoms with Crippen molar-refractivity contribution in [2.75, 3.05) is 5.75 Å². The number of nitrogens with zero attached hydrogens (tertiary/aromatic N) is 2. The highest BCUT2D eigenvalue weighted by atomic mass is 32.2. The van der Waals surface area contributed by atoms with Crippen molar-refractivity contribution in [2.45, 2.75) is 11.4 Å². The number of aryl methyl sites for hydroxylation is 1. The molecular formula is C13H12N2O3S. The lowest BCUT2D eigenvalue weighted by atomic mass is 10.4. The van der Waals surface area contributed by atoms with Gasteiger partial charge in [-0.05, 0) is 18.2 Å². The molecule has 0 unspecified atom stereocenters. The summed E-state index contributed by atoms with van der Waals surface area (Å²) in [5.41, 5.74) is -0.414. The summed E-state index contributed by atoms with van der Waals surface area (Å²) in [7, 11) is 0. The van der Waals surface area contributed by atoms with Crippen LogP contribution in [0.1, 0.15) is 10.5 Å². The maximum atomic E-state index is 11.5. The Kier molecular flexibility index (Phi) is 4.35. The summed E-state index contributed by atoms with van der Waals surface area (Å²) < 4.78 is 1.18. The van der Waals surface area contributed by atoms with Gasteiger partial charge in [-0.2, -0.15) is 5.10 Å². The maximum absolute atomic E-state index is 11.5. The Balaban J connectivity index is 2.01.